The number of benzene rings is 1. The van der Waals surface area contributed by atoms with Gasteiger partial charge in [0.05, 0.1) is 13.7 Å². The van der Waals surface area contributed by atoms with E-state index in [1.54, 1.807) is 14.0 Å². The van der Waals surface area contributed by atoms with Crippen molar-refractivity contribution in [2.24, 2.45) is 0 Å². The Kier molecular flexibility index (Phi) is 4.67. The van der Waals surface area contributed by atoms with Crippen LogP contribution in [0.3, 0.4) is 0 Å². The monoisotopic (exact) mass is 344 g/mol. The summed E-state index contributed by atoms with van der Waals surface area (Å²) in [7, 11) is 1.60. The van der Waals surface area contributed by atoms with Gasteiger partial charge in [-0.25, -0.2) is 4.79 Å². The van der Waals surface area contributed by atoms with E-state index in [0.29, 0.717) is 6.61 Å². The second-order valence-corrected chi connectivity index (χ2v) is 5.06. The number of epoxide rings is 1. The molecule has 2 rings (SSSR count). The molecule has 2 atom stereocenters. The SMILES string of the molecule is CCOC(=O)C1(OCC)OC1c1ccc(OC)cc1Br. The minimum Gasteiger partial charge on any atom is -0.497 e. The fraction of sp³-hybridized carbons (Fsp3) is 0.500. The minimum absolute atomic E-state index is 0.285. The Hall–Kier alpha value is -1.11. The van der Waals surface area contributed by atoms with Crippen LogP contribution in [0.1, 0.15) is 25.5 Å². The number of rotatable bonds is 6. The van der Waals surface area contributed by atoms with Crippen LogP contribution in [-0.4, -0.2) is 32.1 Å². The van der Waals surface area contributed by atoms with Gasteiger partial charge in [0.25, 0.3) is 0 Å². The first-order valence-electron chi connectivity index (χ1n) is 6.41. The predicted molar refractivity (Wildman–Crippen MR) is 75.5 cm³/mol. The fourth-order valence-corrected chi connectivity index (χ4v) is 2.59. The summed E-state index contributed by atoms with van der Waals surface area (Å²) in [5, 5.41) is 0. The lowest BCUT2D eigenvalue weighted by atomic mass is 10.1. The van der Waals surface area contributed by atoms with Gasteiger partial charge in [0.15, 0.2) is 6.10 Å². The lowest BCUT2D eigenvalue weighted by Gasteiger charge is -2.12. The Labute approximate surface area is 126 Å². The van der Waals surface area contributed by atoms with Crippen molar-refractivity contribution in [3.63, 3.8) is 0 Å². The first-order valence-corrected chi connectivity index (χ1v) is 7.20. The summed E-state index contributed by atoms with van der Waals surface area (Å²) in [6.07, 6.45) is -0.471. The quantitative estimate of drug-likeness (QED) is 0.586. The van der Waals surface area contributed by atoms with Gasteiger partial charge >= 0.3 is 11.8 Å². The second kappa shape index (κ2) is 6.11. The predicted octanol–water partition coefficient (Wildman–Crippen LogP) is 2.82. The molecule has 0 radical (unpaired) electrons. The molecule has 1 aliphatic heterocycles. The van der Waals surface area contributed by atoms with Gasteiger partial charge in [0.1, 0.15) is 5.75 Å². The van der Waals surface area contributed by atoms with Gasteiger partial charge in [-0.05, 0) is 26.0 Å². The summed E-state index contributed by atoms with van der Waals surface area (Å²) in [5.74, 6) is -1.09. The van der Waals surface area contributed by atoms with Crippen LogP contribution < -0.4 is 4.74 Å². The minimum atomic E-state index is -1.32. The molecule has 1 heterocycles. The number of carbonyl (C=O) groups excluding carboxylic acids is 1. The normalized spacial score (nSPS) is 24.3. The summed E-state index contributed by atoms with van der Waals surface area (Å²) >= 11 is 3.45. The third-order valence-electron chi connectivity index (χ3n) is 2.99. The molecule has 1 aromatic carbocycles. The van der Waals surface area contributed by atoms with Gasteiger partial charge in [-0.3, -0.25) is 0 Å². The van der Waals surface area contributed by atoms with Crippen molar-refractivity contribution in [3.8, 4) is 5.75 Å². The van der Waals surface area contributed by atoms with E-state index in [4.69, 9.17) is 18.9 Å². The Morgan fingerprint density at radius 2 is 2.15 bits per heavy atom. The van der Waals surface area contributed by atoms with Crippen molar-refractivity contribution in [2.75, 3.05) is 20.3 Å². The molecule has 20 heavy (non-hydrogen) atoms. The topological polar surface area (TPSA) is 57.3 Å². The maximum atomic E-state index is 12.0. The van der Waals surface area contributed by atoms with E-state index in [9.17, 15) is 4.79 Å². The molecule has 0 saturated carbocycles. The second-order valence-electron chi connectivity index (χ2n) is 4.21. The first-order chi connectivity index (χ1) is 9.58. The zero-order valence-electron chi connectivity index (χ0n) is 11.6. The lowest BCUT2D eigenvalue weighted by molar-refractivity contribution is -0.170. The number of halogens is 1. The maximum absolute atomic E-state index is 12.0. The molecule has 0 aliphatic carbocycles. The maximum Gasteiger partial charge on any atom is 0.370 e. The number of methoxy groups -OCH3 is 1. The average molecular weight is 345 g/mol. The summed E-state index contributed by atoms with van der Waals surface area (Å²) in [6.45, 7) is 4.21. The van der Waals surface area contributed by atoms with Crippen molar-refractivity contribution in [3.05, 3.63) is 28.2 Å². The molecule has 0 N–H and O–H groups in total. The smallest absolute Gasteiger partial charge is 0.370 e. The number of carbonyl (C=O) groups is 1. The number of ether oxygens (including phenoxy) is 4. The summed E-state index contributed by atoms with van der Waals surface area (Å²) < 4.78 is 22.0. The largest absolute Gasteiger partial charge is 0.497 e. The molecule has 110 valence electrons. The number of hydrogen-bond donors (Lipinski definition) is 0. The van der Waals surface area contributed by atoms with Crippen LogP contribution in [0.5, 0.6) is 5.75 Å². The van der Waals surface area contributed by atoms with Crippen LogP contribution in [0.4, 0.5) is 0 Å². The molecule has 6 heteroatoms. The van der Waals surface area contributed by atoms with Gasteiger partial charge in [0.2, 0.25) is 0 Å². The fourth-order valence-electron chi connectivity index (χ4n) is 2.03. The zero-order chi connectivity index (χ0) is 14.8. The molecule has 2 unspecified atom stereocenters. The van der Waals surface area contributed by atoms with E-state index in [1.165, 1.54) is 0 Å². The Balaban J connectivity index is 2.24. The van der Waals surface area contributed by atoms with Crippen molar-refractivity contribution in [1.82, 2.24) is 0 Å². The van der Waals surface area contributed by atoms with E-state index in [1.807, 2.05) is 25.1 Å². The number of esters is 1. The van der Waals surface area contributed by atoms with Gasteiger partial charge in [-0.1, -0.05) is 22.0 Å². The van der Waals surface area contributed by atoms with Crippen molar-refractivity contribution in [1.29, 1.82) is 0 Å². The van der Waals surface area contributed by atoms with E-state index in [-0.39, 0.29) is 6.61 Å². The van der Waals surface area contributed by atoms with Gasteiger partial charge in [0, 0.05) is 16.6 Å². The van der Waals surface area contributed by atoms with Crippen LogP contribution in [0.15, 0.2) is 22.7 Å². The first kappa shape index (κ1) is 15.3. The lowest BCUT2D eigenvalue weighted by Crippen LogP contribution is -2.31. The summed E-state index contributed by atoms with van der Waals surface area (Å²) in [4.78, 5) is 12.0. The van der Waals surface area contributed by atoms with Crippen LogP contribution in [0, 0.1) is 0 Å². The summed E-state index contributed by atoms with van der Waals surface area (Å²) in [6, 6.07) is 5.47. The third-order valence-corrected chi connectivity index (χ3v) is 3.68. The Morgan fingerprint density at radius 1 is 1.40 bits per heavy atom. The molecule has 0 spiro atoms. The molecule has 1 aliphatic rings. The zero-order valence-corrected chi connectivity index (χ0v) is 13.2. The van der Waals surface area contributed by atoms with Crippen molar-refractivity contribution >= 4 is 21.9 Å². The van der Waals surface area contributed by atoms with E-state index in [2.05, 4.69) is 15.9 Å². The molecule has 0 amide bonds. The molecule has 1 aromatic rings. The highest BCUT2D eigenvalue weighted by Crippen LogP contribution is 2.53. The van der Waals surface area contributed by atoms with E-state index < -0.39 is 17.9 Å². The van der Waals surface area contributed by atoms with Gasteiger partial charge in [-0.15, -0.1) is 0 Å². The molecule has 1 saturated heterocycles. The van der Waals surface area contributed by atoms with Crippen LogP contribution >= 0.6 is 15.9 Å². The molecule has 0 bridgehead atoms. The van der Waals surface area contributed by atoms with Crippen LogP contribution in [0.25, 0.3) is 0 Å². The van der Waals surface area contributed by atoms with Gasteiger partial charge in [-0.2, -0.15) is 0 Å². The molecular weight excluding hydrogens is 328 g/mol. The van der Waals surface area contributed by atoms with Crippen LogP contribution in [-0.2, 0) is 19.0 Å². The van der Waals surface area contributed by atoms with Gasteiger partial charge < -0.3 is 18.9 Å². The number of hydrogen-bond acceptors (Lipinski definition) is 5. The Bertz CT molecular complexity index is 504. The molecule has 5 nitrogen and oxygen atoms in total. The highest BCUT2D eigenvalue weighted by atomic mass is 79.9. The van der Waals surface area contributed by atoms with Crippen LogP contribution in [0.2, 0.25) is 0 Å². The molecular formula is C14H17BrO5. The van der Waals surface area contributed by atoms with E-state index in [0.717, 1.165) is 15.8 Å². The Morgan fingerprint density at radius 3 is 2.70 bits per heavy atom. The van der Waals surface area contributed by atoms with Crippen molar-refractivity contribution in [2.45, 2.75) is 25.7 Å². The third kappa shape index (κ3) is 2.68. The molecule has 0 aromatic heterocycles. The highest BCUT2D eigenvalue weighted by molar-refractivity contribution is 9.10. The summed E-state index contributed by atoms with van der Waals surface area (Å²) in [5.41, 5.74) is 0.826. The van der Waals surface area contributed by atoms with E-state index >= 15 is 0 Å². The highest BCUT2D eigenvalue weighted by Gasteiger charge is 2.67. The molecule has 1 fully saturated rings. The average Bonchev–Trinajstić information content (AvgIpc) is 3.14. The van der Waals surface area contributed by atoms with Crippen molar-refractivity contribution < 1.29 is 23.7 Å². The standard InChI is InChI=1S/C14H17BrO5/c1-4-18-13(16)14(19-5-2)12(20-14)10-7-6-9(17-3)8-11(10)15/h6-8,12H,4-5H2,1-3H3.